The van der Waals surface area contributed by atoms with E-state index in [4.69, 9.17) is 31.1 Å². The number of nitro groups is 1. The first-order chi connectivity index (χ1) is 15.5. The van der Waals surface area contributed by atoms with Crippen LogP contribution in [-0.2, 0) is 15.9 Å². The van der Waals surface area contributed by atoms with Crippen molar-refractivity contribution in [2.45, 2.75) is 64.8 Å². The van der Waals surface area contributed by atoms with Gasteiger partial charge in [0.05, 0.1) is 27.8 Å². The van der Waals surface area contributed by atoms with E-state index in [0.717, 1.165) is 24.0 Å². The highest BCUT2D eigenvalue weighted by atomic mass is 35.5. The van der Waals surface area contributed by atoms with Crippen molar-refractivity contribution in [1.29, 1.82) is 5.26 Å². The van der Waals surface area contributed by atoms with Crippen LogP contribution in [0.3, 0.4) is 0 Å². The predicted molar refractivity (Wildman–Crippen MR) is 128 cm³/mol. The fourth-order valence-electron chi connectivity index (χ4n) is 3.32. The van der Waals surface area contributed by atoms with Gasteiger partial charge >= 0.3 is 5.69 Å². The summed E-state index contributed by atoms with van der Waals surface area (Å²) in [6, 6.07) is 11.7. The van der Waals surface area contributed by atoms with Gasteiger partial charge in [0.15, 0.2) is 5.75 Å². The molecule has 0 radical (unpaired) electrons. The summed E-state index contributed by atoms with van der Waals surface area (Å²) in [6.07, 6.45) is 1.15. The van der Waals surface area contributed by atoms with Crippen LogP contribution < -0.4 is 4.74 Å². The number of hydrogen-bond acceptors (Lipinski definition) is 6. The molecular weight excluding hydrogens is 444 g/mol. The highest BCUT2D eigenvalue weighted by Gasteiger charge is 2.41. The number of halogens is 1. The molecule has 0 N–H and O–H groups in total. The lowest BCUT2D eigenvalue weighted by atomic mass is 9.88. The van der Waals surface area contributed by atoms with Gasteiger partial charge in [-0.2, -0.15) is 5.26 Å². The summed E-state index contributed by atoms with van der Waals surface area (Å²) < 4.78 is 18.1. The van der Waals surface area contributed by atoms with E-state index in [2.05, 4.69) is 6.92 Å². The number of hydrogen-bond donors (Lipinski definition) is 0. The van der Waals surface area contributed by atoms with Crippen molar-refractivity contribution < 1.29 is 19.1 Å². The number of methoxy groups -OCH3 is 1. The van der Waals surface area contributed by atoms with Crippen LogP contribution in [0.5, 0.6) is 5.75 Å². The zero-order valence-corrected chi connectivity index (χ0v) is 20.7. The van der Waals surface area contributed by atoms with Crippen LogP contribution in [0.15, 0.2) is 36.4 Å². The van der Waals surface area contributed by atoms with Crippen LogP contribution in [0.25, 0.3) is 0 Å². The van der Waals surface area contributed by atoms with Crippen LogP contribution in [-0.4, -0.2) is 29.8 Å². The summed E-state index contributed by atoms with van der Waals surface area (Å²) in [4.78, 5) is 11.0. The van der Waals surface area contributed by atoms with Gasteiger partial charge < -0.3 is 14.2 Å². The second-order valence-corrected chi connectivity index (χ2v) is 9.22. The number of nitriles is 1. The summed E-state index contributed by atoms with van der Waals surface area (Å²) in [5.41, 5.74) is 0.497. The number of benzene rings is 2. The first-order valence-corrected chi connectivity index (χ1v) is 11.2. The quantitative estimate of drug-likeness (QED) is 0.275. The zero-order valence-electron chi connectivity index (χ0n) is 20.0. The minimum Gasteiger partial charge on any atom is -0.484 e. The van der Waals surface area contributed by atoms with E-state index in [0.29, 0.717) is 5.02 Å². The molecule has 2 rings (SSSR count). The second-order valence-electron chi connectivity index (χ2n) is 8.79. The molecule has 178 valence electrons. The molecule has 0 aliphatic rings. The maximum Gasteiger partial charge on any atom is 0.312 e. The van der Waals surface area contributed by atoms with Gasteiger partial charge in [-0.25, -0.2) is 0 Å². The molecular formula is C25H31ClN2O5. The molecule has 0 saturated heterocycles. The monoisotopic (exact) mass is 474 g/mol. The summed E-state index contributed by atoms with van der Waals surface area (Å²) in [7, 11) is 1.63. The van der Waals surface area contributed by atoms with Crippen LogP contribution in [0.4, 0.5) is 5.69 Å². The first-order valence-electron chi connectivity index (χ1n) is 10.8. The normalized spacial score (nSPS) is 12.8. The van der Waals surface area contributed by atoms with E-state index in [-0.39, 0.29) is 23.6 Å². The molecule has 0 aliphatic heterocycles. The molecule has 0 saturated carbocycles. The number of nitrogens with zero attached hydrogens (tertiary/aromatic N) is 2. The molecule has 0 spiro atoms. The maximum atomic E-state index is 11.5. The fourth-order valence-corrected chi connectivity index (χ4v) is 3.52. The Bertz CT molecular complexity index is 1030. The van der Waals surface area contributed by atoms with E-state index in [1.807, 2.05) is 45.9 Å². The molecule has 0 heterocycles. The van der Waals surface area contributed by atoms with Gasteiger partial charge in [0.2, 0.25) is 0 Å². The van der Waals surface area contributed by atoms with E-state index in [9.17, 15) is 10.1 Å². The number of rotatable bonds is 11. The van der Waals surface area contributed by atoms with Crippen molar-refractivity contribution in [3.63, 3.8) is 0 Å². The summed E-state index contributed by atoms with van der Waals surface area (Å²) in [6.45, 7) is 9.84. The van der Waals surface area contributed by atoms with Gasteiger partial charge in [0, 0.05) is 18.2 Å². The molecule has 0 aromatic heterocycles. The first kappa shape index (κ1) is 26.6. The third-order valence-electron chi connectivity index (χ3n) is 6.04. The minimum atomic E-state index is -0.727. The van der Waals surface area contributed by atoms with Crippen molar-refractivity contribution in [2.24, 2.45) is 0 Å². The molecule has 2 aromatic carbocycles. The van der Waals surface area contributed by atoms with Gasteiger partial charge in [0.25, 0.3) is 0 Å². The molecule has 2 aromatic rings. The molecule has 1 atom stereocenters. The molecule has 0 fully saturated rings. The lowest BCUT2D eigenvalue weighted by Crippen LogP contribution is -2.50. The molecule has 33 heavy (non-hydrogen) atoms. The van der Waals surface area contributed by atoms with Gasteiger partial charge in [0.1, 0.15) is 12.7 Å². The Morgan fingerprint density at radius 1 is 1.15 bits per heavy atom. The lowest BCUT2D eigenvalue weighted by molar-refractivity contribution is -0.386. The molecule has 0 amide bonds. The van der Waals surface area contributed by atoms with Crippen molar-refractivity contribution >= 4 is 17.3 Å². The maximum absolute atomic E-state index is 11.5. The SMILES string of the molecule is CCCc1cc(Cl)ccc1C(COc1ccc(C#N)cc1[N+](=O)[O-])OC(C)(C)C(C)(C)OC. The molecule has 0 bridgehead atoms. The summed E-state index contributed by atoms with van der Waals surface area (Å²) >= 11 is 6.25. The Balaban J connectivity index is 2.47. The van der Waals surface area contributed by atoms with Crippen LogP contribution >= 0.6 is 11.6 Å². The third-order valence-corrected chi connectivity index (χ3v) is 6.28. The van der Waals surface area contributed by atoms with E-state index < -0.39 is 22.2 Å². The largest absolute Gasteiger partial charge is 0.484 e. The van der Waals surface area contributed by atoms with Crippen LogP contribution in [0.2, 0.25) is 5.02 Å². The van der Waals surface area contributed by atoms with Gasteiger partial charge in [-0.15, -0.1) is 0 Å². The topological polar surface area (TPSA) is 94.6 Å². The number of aryl methyl sites for hydroxylation is 1. The Labute approximate surface area is 200 Å². The van der Waals surface area contributed by atoms with Crippen molar-refractivity contribution in [3.8, 4) is 11.8 Å². The van der Waals surface area contributed by atoms with E-state index >= 15 is 0 Å². The summed E-state index contributed by atoms with van der Waals surface area (Å²) in [5, 5.41) is 21.2. The van der Waals surface area contributed by atoms with Crippen molar-refractivity contribution in [3.05, 3.63) is 68.2 Å². The van der Waals surface area contributed by atoms with Gasteiger partial charge in [-0.1, -0.05) is 31.0 Å². The predicted octanol–water partition coefficient (Wildman–Crippen LogP) is 6.41. The van der Waals surface area contributed by atoms with Crippen molar-refractivity contribution in [1.82, 2.24) is 0 Å². The number of ether oxygens (including phenoxy) is 3. The Hall–Kier alpha value is -2.66. The summed E-state index contributed by atoms with van der Waals surface area (Å²) in [5.74, 6) is 0.0717. The fraction of sp³-hybridized carbons (Fsp3) is 0.480. The number of nitro benzene ring substituents is 1. The second kappa shape index (κ2) is 11.0. The molecule has 7 nitrogen and oxygen atoms in total. The molecule has 8 heteroatoms. The Morgan fingerprint density at radius 2 is 1.85 bits per heavy atom. The average Bonchev–Trinajstić information content (AvgIpc) is 2.76. The zero-order chi connectivity index (χ0) is 24.8. The van der Waals surface area contributed by atoms with Crippen molar-refractivity contribution in [2.75, 3.05) is 13.7 Å². The van der Waals surface area contributed by atoms with E-state index in [1.165, 1.54) is 18.2 Å². The van der Waals surface area contributed by atoms with Crippen LogP contribution in [0.1, 0.15) is 63.8 Å². The standard InChI is InChI=1S/C25H31ClN2O5/c1-7-8-18-14-19(26)10-11-20(18)23(33-25(4,5)24(2,3)31-6)16-32-22-12-9-17(15-27)13-21(22)28(29)30/h9-14,23H,7-8,16H2,1-6H3. The smallest absolute Gasteiger partial charge is 0.312 e. The van der Waals surface area contributed by atoms with Gasteiger partial charge in [-0.3, -0.25) is 10.1 Å². The van der Waals surface area contributed by atoms with Crippen LogP contribution in [0, 0.1) is 21.4 Å². The Morgan fingerprint density at radius 3 is 2.42 bits per heavy atom. The molecule has 0 aliphatic carbocycles. The highest BCUT2D eigenvalue weighted by molar-refractivity contribution is 6.30. The highest BCUT2D eigenvalue weighted by Crippen LogP contribution is 2.37. The molecule has 1 unspecified atom stereocenters. The third kappa shape index (κ3) is 6.44. The minimum absolute atomic E-state index is 0.0221. The van der Waals surface area contributed by atoms with E-state index in [1.54, 1.807) is 13.2 Å². The lowest BCUT2D eigenvalue weighted by Gasteiger charge is -2.42. The van der Waals surface area contributed by atoms with Gasteiger partial charge in [-0.05, 0) is 69.5 Å². The Kier molecular flexibility index (Phi) is 8.84. The average molecular weight is 475 g/mol.